The molecule has 1 aliphatic rings. The molecular formula is C18H18N6O3S. The first-order valence-corrected chi connectivity index (χ1v) is 9.58. The number of hydrogen-bond donors (Lipinski definition) is 1. The molecule has 2 amide bonds. The van der Waals surface area contributed by atoms with E-state index in [0.717, 1.165) is 21.8 Å². The van der Waals surface area contributed by atoms with Gasteiger partial charge < -0.3 is 9.42 Å². The SMILES string of the molecule is Cc1noc(C)c1CC(=O)N1CCc2nc(NC(=O)c3cnccn3)sc2C1. The highest BCUT2D eigenvalue weighted by molar-refractivity contribution is 7.15. The Kier molecular flexibility index (Phi) is 4.86. The van der Waals surface area contributed by atoms with Crippen LogP contribution in [0.3, 0.4) is 0 Å². The largest absolute Gasteiger partial charge is 0.361 e. The van der Waals surface area contributed by atoms with E-state index in [1.54, 1.807) is 4.90 Å². The fourth-order valence-corrected chi connectivity index (χ4v) is 4.08. The maximum absolute atomic E-state index is 12.7. The summed E-state index contributed by atoms with van der Waals surface area (Å²) in [6.07, 6.45) is 5.29. The highest BCUT2D eigenvalue weighted by Gasteiger charge is 2.26. The van der Waals surface area contributed by atoms with E-state index in [1.165, 1.54) is 29.9 Å². The van der Waals surface area contributed by atoms with E-state index >= 15 is 0 Å². The van der Waals surface area contributed by atoms with Crippen LogP contribution in [0.5, 0.6) is 0 Å². The van der Waals surface area contributed by atoms with Crippen LogP contribution in [0.1, 0.15) is 38.1 Å². The Labute approximate surface area is 164 Å². The Morgan fingerprint density at radius 2 is 2.18 bits per heavy atom. The third-order valence-electron chi connectivity index (χ3n) is 4.61. The van der Waals surface area contributed by atoms with Gasteiger partial charge in [-0.25, -0.2) is 9.97 Å². The second-order valence-electron chi connectivity index (χ2n) is 6.48. The van der Waals surface area contributed by atoms with E-state index in [9.17, 15) is 9.59 Å². The number of anilines is 1. The van der Waals surface area contributed by atoms with E-state index < -0.39 is 0 Å². The molecular weight excluding hydrogens is 380 g/mol. The van der Waals surface area contributed by atoms with Crippen molar-refractivity contribution in [2.45, 2.75) is 33.2 Å². The Morgan fingerprint density at radius 3 is 2.89 bits per heavy atom. The lowest BCUT2D eigenvalue weighted by atomic mass is 10.1. The van der Waals surface area contributed by atoms with Crippen molar-refractivity contribution in [1.82, 2.24) is 25.0 Å². The first kappa shape index (κ1) is 18.2. The molecule has 0 unspecified atom stereocenters. The minimum absolute atomic E-state index is 0.0265. The molecule has 4 heterocycles. The van der Waals surface area contributed by atoms with Crippen LogP contribution in [0.2, 0.25) is 0 Å². The minimum Gasteiger partial charge on any atom is -0.361 e. The zero-order chi connectivity index (χ0) is 19.7. The number of nitrogens with zero attached hydrogens (tertiary/aromatic N) is 5. The van der Waals surface area contributed by atoms with Crippen molar-refractivity contribution in [2.75, 3.05) is 11.9 Å². The van der Waals surface area contributed by atoms with Crippen molar-refractivity contribution in [3.05, 3.63) is 51.9 Å². The van der Waals surface area contributed by atoms with Gasteiger partial charge in [-0.15, -0.1) is 0 Å². The minimum atomic E-state index is -0.356. The first-order valence-electron chi connectivity index (χ1n) is 8.76. The Bertz CT molecular complexity index is 1010. The van der Waals surface area contributed by atoms with Gasteiger partial charge >= 0.3 is 0 Å². The summed E-state index contributed by atoms with van der Waals surface area (Å²) in [5.41, 5.74) is 2.74. The molecule has 1 N–H and O–H groups in total. The zero-order valence-electron chi connectivity index (χ0n) is 15.4. The van der Waals surface area contributed by atoms with Gasteiger partial charge in [0.25, 0.3) is 5.91 Å². The standard InChI is InChI=1S/C18H18N6O3S/c1-10-12(11(2)27-23-10)7-16(25)24-6-3-13-15(9-24)28-18(21-13)22-17(26)14-8-19-4-5-20-14/h4-5,8H,3,6-7,9H2,1-2H3,(H,21,22,26). The molecule has 4 rings (SSSR count). The summed E-state index contributed by atoms with van der Waals surface area (Å²) in [4.78, 5) is 40.1. The van der Waals surface area contributed by atoms with Gasteiger partial charge in [0.1, 0.15) is 11.5 Å². The second kappa shape index (κ2) is 7.47. The Hall–Kier alpha value is -3.14. The van der Waals surface area contributed by atoms with Gasteiger partial charge in [0, 0.05) is 35.8 Å². The molecule has 9 nitrogen and oxygen atoms in total. The third-order valence-corrected chi connectivity index (χ3v) is 5.61. The molecule has 10 heteroatoms. The van der Waals surface area contributed by atoms with Gasteiger partial charge in [-0.2, -0.15) is 0 Å². The van der Waals surface area contributed by atoms with Gasteiger partial charge in [0.05, 0.1) is 30.6 Å². The fraction of sp³-hybridized carbons (Fsp3) is 0.333. The number of thiazole rings is 1. The number of carbonyl (C=O) groups is 2. The molecule has 0 bridgehead atoms. The van der Waals surface area contributed by atoms with Crippen molar-refractivity contribution in [3.8, 4) is 0 Å². The lowest BCUT2D eigenvalue weighted by Crippen LogP contribution is -2.36. The summed E-state index contributed by atoms with van der Waals surface area (Å²) in [5, 5.41) is 7.16. The molecule has 0 atom stereocenters. The monoisotopic (exact) mass is 398 g/mol. The van der Waals surface area contributed by atoms with Gasteiger partial charge in [0.15, 0.2) is 5.13 Å². The van der Waals surface area contributed by atoms with Crippen LogP contribution in [0.25, 0.3) is 0 Å². The highest BCUT2D eigenvalue weighted by Crippen LogP contribution is 2.29. The second-order valence-corrected chi connectivity index (χ2v) is 7.56. The van der Waals surface area contributed by atoms with Gasteiger partial charge in [-0.1, -0.05) is 16.5 Å². The predicted octanol–water partition coefficient (Wildman–Crippen LogP) is 1.92. The molecule has 144 valence electrons. The first-order chi connectivity index (χ1) is 13.5. The quantitative estimate of drug-likeness (QED) is 0.714. The molecule has 0 radical (unpaired) electrons. The summed E-state index contributed by atoms with van der Waals surface area (Å²) in [6, 6.07) is 0. The molecule has 0 spiro atoms. The topological polar surface area (TPSA) is 114 Å². The van der Waals surface area contributed by atoms with E-state index in [0.29, 0.717) is 30.4 Å². The molecule has 0 aliphatic carbocycles. The van der Waals surface area contributed by atoms with Crippen molar-refractivity contribution >= 4 is 28.3 Å². The lowest BCUT2D eigenvalue weighted by molar-refractivity contribution is -0.131. The van der Waals surface area contributed by atoms with Gasteiger partial charge in [0.2, 0.25) is 5.91 Å². The molecule has 1 aliphatic heterocycles. The van der Waals surface area contributed by atoms with Crippen molar-refractivity contribution in [3.63, 3.8) is 0 Å². The van der Waals surface area contributed by atoms with Crippen LogP contribution >= 0.6 is 11.3 Å². The van der Waals surface area contributed by atoms with Crippen LogP contribution in [0.15, 0.2) is 23.1 Å². The predicted molar refractivity (Wildman–Crippen MR) is 101 cm³/mol. The normalized spacial score (nSPS) is 13.3. The number of rotatable bonds is 4. The third kappa shape index (κ3) is 3.63. The number of nitrogens with one attached hydrogen (secondary N) is 1. The van der Waals surface area contributed by atoms with E-state index in [4.69, 9.17) is 4.52 Å². The number of aryl methyl sites for hydroxylation is 2. The van der Waals surface area contributed by atoms with E-state index in [2.05, 4.69) is 25.4 Å². The fourth-order valence-electron chi connectivity index (χ4n) is 3.06. The average molecular weight is 398 g/mol. The maximum Gasteiger partial charge on any atom is 0.277 e. The van der Waals surface area contributed by atoms with Gasteiger partial charge in [-0.3, -0.25) is 19.9 Å². The summed E-state index contributed by atoms with van der Waals surface area (Å²) < 4.78 is 5.14. The van der Waals surface area contributed by atoms with Crippen LogP contribution in [0.4, 0.5) is 5.13 Å². The summed E-state index contributed by atoms with van der Waals surface area (Å²) >= 11 is 1.38. The number of carbonyl (C=O) groups excluding carboxylic acids is 2. The zero-order valence-corrected chi connectivity index (χ0v) is 16.2. The number of amides is 2. The molecule has 28 heavy (non-hydrogen) atoms. The number of hydrogen-bond acceptors (Lipinski definition) is 8. The van der Waals surface area contributed by atoms with Crippen molar-refractivity contribution in [1.29, 1.82) is 0 Å². The summed E-state index contributed by atoms with van der Waals surface area (Å²) in [5.74, 6) is 0.347. The molecule has 0 saturated heterocycles. The maximum atomic E-state index is 12.7. The lowest BCUT2D eigenvalue weighted by Gasteiger charge is -2.26. The van der Waals surface area contributed by atoms with Gasteiger partial charge in [-0.05, 0) is 13.8 Å². The number of aromatic nitrogens is 4. The van der Waals surface area contributed by atoms with E-state index in [-0.39, 0.29) is 23.9 Å². The van der Waals surface area contributed by atoms with Crippen LogP contribution in [-0.2, 0) is 24.2 Å². The van der Waals surface area contributed by atoms with E-state index in [1.807, 2.05) is 13.8 Å². The smallest absolute Gasteiger partial charge is 0.277 e. The summed E-state index contributed by atoms with van der Waals surface area (Å²) in [6.45, 7) is 4.72. The Morgan fingerprint density at radius 1 is 1.32 bits per heavy atom. The van der Waals surface area contributed by atoms with Crippen LogP contribution in [0, 0.1) is 13.8 Å². The van der Waals surface area contributed by atoms with Crippen LogP contribution in [-0.4, -0.2) is 43.4 Å². The molecule has 0 fully saturated rings. The molecule has 0 aromatic carbocycles. The molecule has 0 saturated carbocycles. The average Bonchev–Trinajstić information content (AvgIpc) is 3.25. The summed E-state index contributed by atoms with van der Waals surface area (Å²) in [7, 11) is 0. The molecule has 3 aromatic heterocycles. The van der Waals surface area contributed by atoms with Crippen molar-refractivity contribution in [2.24, 2.45) is 0 Å². The highest BCUT2D eigenvalue weighted by atomic mass is 32.1. The Balaban J connectivity index is 1.43. The number of fused-ring (bicyclic) bond motifs is 1. The van der Waals surface area contributed by atoms with Crippen LogP contribution < -0.4 is 5.32 Å². The van der Waals surface area contributed by atoms with Crippen molar-refractivity contribution < 1.29 is 14.1 Å². The molecule has 3 aromatic rings.